The highest BCUT2D eigenvalue weighted by atomic mass is 35.5. The minimum absolute atomic E-state index is 0. The van der Waals surface area contributed by atoms with E-state index in [0.717, 1.165) is 6.54 Å². The van der Waals surface area contributed by atoms with E-state index in [4.69, 9.17) is 0 Å². The minimum atomic E-state index is -0.584. The van der Waals surface area contributed by atoms with Gasteiger partial charge in [0.1, 0.15) is 5.92 Å². The van der Waals surface area contributed by atoms with Crippen LogP contribution in [0.2, 0.25) is 0 Å². The van der Waals surface area contributed by atoms with Gasteiger partial charge in [-0.1, -0.05) is 6.92 Å². The van der Waals surface area contributed by atoms with Crippen molar-refractivity contribution in [1.29, 1.82) is 0 Å². The van der Waals surface area contributed by atoms with E-state index in [1.165, 1.54) is 7.11 Å². The van der Waals surface area contributed by atoms with Crippen molar-refractivity contribution < 1.29 is 14.3 Å². The van der Waals surface area contributed by atoms with Gasteiger partial charge in [0.05, 0.1) is 7.11 Å². The maximum Gasteiger partial charge on any atom is 0.317 e. The Labute approximate surface area is 90.0 Å². The Morgan fingerprint density at radius 1 is 1.50 bits per heavy atom. The number of ketones is 1. The molecule has 0 aromatic heterocycles. The predicted octanol–water partition coefficient (Wildman–Crippen LogP) is 0.348. The summed E-state index contributed by atoms with van der Waals surface area (Å²) in [4.78, 5) is 24.7. The van der Waals surface area contributed by atoms with Gasteiger partial charge in [-0.15, -0.1) is 12.4 Å². The largest absolute Gasteiger partial charge is 0.468 e. The Morgan fingerprint density at radius 2 is 2.07 bits per heavy atom. The van der Waals surface area contributed by atoms with Crippen molar-refractivity contribution in [2.24, 2.45) is 11.8 Å². The van der Waals surface area contributed by atoms with E-state index in [9.17, 15) is 9.59 Å². The molecule has 1 fully saturated rings. The number of hydrogen-bond acceptors (Lipinski definition) is 4. The molecule has 0 aromatic rings. The number of likely N-dealkylation sites (tertiary alicyclic amines) is 1. The van der Waals surface area contributed by atoms with Crippen LogP contribution in [0.3, 0.4) is 0 Å². The summed E-state index contributed by atoms with van der Waals surface area (Å²) >= 11 is 0. The number of methoxy groups -OCH3 is 1. The lowest BCUT2D eigenvalue weighted by Crippen LogP contribution is -2.47. The zero-order chi connectivity index (χ0) is 10.0. The Bertz CT molecular complexity index is 232. The van der Waals surface area contributed by atoms with Gasteiger partial charge in [-0.3, -0.25) is 9.59 Å². The number of nitrogens with zero attached hydrogens (tertiary/aromatic N) is 1. The average Bonchev–Trinajstić information content (AvgIpc) is 2.10. The van der Waals surface area contributed by atoms with E-state index in [0.29, 0.717) is 6.54 Å². The number of esters is 1. The fourth-order valence-corrected chi connectivity index (χ4v) is 1.71. The summed E-state index contributed by atoms with van der Waals surface area (Å²) in [5, 5.41) is 0. The van der Waals surface area contributed by atoms with Gasteiger partial charge >= 0.3 is 5.97 Å². The molecule has 1 aliphatic rings. The molecule has 0 aromatic carbocycles. The molecule has 1 saturated heterocycles. The third-order valence-electron chi connectivity index (χ3n) is 2.39. The van der Waals surface area contributed by atoms with Crippen molar-refractivity contribution in [3.63, 3.8) is 0 Å². The van der Waals surface area contributed by atoms with E-state index in [1.54, 1.807) is 0 Å². The molecule has 0 N–H and O–H groups in total. The second-order valence-electron chi connectivity index (χ2n) is 3.60. The number of rotatable bonds is 1. The Morgan fingerprint density at radius 3 is 2.57 bits per heavy atom. The summed E-state index contributed by atoms with van der Waals surface area (Å²) in [5.74, 6) is -1.06. The second kappa shape index (κ2) is 5.32. The Kier molecular flexibility index (Phi) is 5.08. The van der Waals surface area contributed by atoms with Crippen molar-refractivity contribution in [3.05, 3.63) is 0 Å². The molecule has 0 amide bonds. The third-order valence-corrected chi connectivity index (χ3v) is 2.39. The van der Waals surface area contributed by atoms with Crippen LogP contribution in [-0.4, -0.2) is 43.9 Å². The lowest BCUT2D eigenvalue weighted by atomic mass is 9.89. The molecular formula is C9H16ClNO3. The number of piperidine rings is 1. The molecule has 2 unspecified atom stereocenters. The highest BCUT2D eigenvalue weighted by Crippen LogP contribution is 2.17. The highest BCUT2D eigenvalue weighted by Gasteiger charge is 2.36. The standard InChI is InChI=1S/C9H15NO3.ClH/c1-6-4-10(2)5-7(8(6)11)9(12)13-3;/h6-7H,4-5H2,1-3H3;1H. The van der Waals surface area contributed by atoms with Crippen LogP contribution in [0.5, 0.6) is 0 Å². The summed E-state index contributed by atoms with van der Waals surface area (Å²) in [6.07, 6.45) is 0. The van der Waals surface area contributed by atoms with Gasteiger partial charge in [-0.25, -0.2) is 0 Å². The van der Waals surface area contributed by atoms with Crippen molar-refractivity contribution in [2.75, 3.05) is 27.2 Å². The molecule has 4 nitrogen and oxygen atoms in total. The summed E-state index contributed by atoms with van der Waals surface area (Å²) in [5.41, 5.74) is 0. The van der Waals surface area contributed by atoms with Crippen molar-refractivity contribution in [1.82, 2.24) is 4.90 Å². The zero-order valence-electron chi connectivity index (χ0n) is 8.65. The number of Topliss-reactive ketones (excluding diaryl/α,β-unsaturated/α-hetero) is 1. The summed E-state index contributed by atoms with van der Waals surface area (Å²) < 4.78 is 4.57. The van der Waals surface area contributed by atoms with Crippen LogP contribution in [0.1, 0.15) is 6.92 Å². The molecule has 1 heterocycles. The fourth-order valence-electron chi connectivity index (χ4n) is 1.71. The van der Waals surface area contributed by atoms with Crippen LogP contribution in [0.4, 0.5) is 0 Å². The van der Waals surface area contributed by atoms with Crippen molar-refractivity contribution >= 4 is 24.2 Å². The molecule has 0 bridgehead atoms. The second-order valence-corrected chi connectivity index (χ2v) is 3.60. The Balaban J connectivity index is 0.00000169. The van der Waals surface area contributed by atoms with E-state index >= 15 is 0 Å². The van der Waals surface area contributed by atoms with Crippen LogP contribution >= 0.6 is 12.4 Å². The summed E-state index contributed by atoms with van der Waals surface area (Å²) in [6, 6.07) is 0. The molecule has 0 saturated carbocycles. The topological polar surface area (TPSA) is 46.6 Å². The third kappa shape index (κ3) is 2.69. The number of hydrogen-bond donors (Lipinski definition) is 0. The summed E-state index contributed by atoms with van der Waals surface area (Å²) in [6.45, 7) is 3.05. The number of ether oxygens (including phenoxy) is 1. The highest BCUT2D eigenvalue weighted by molar-refractivity contribution is 6.00. The SMILES string of the molecule is COC(=O)C1CN(C)CC(C)C1=O.Cl. The molecule has 0 spiro atoms. The Hall–Kier alpha value is -0.610. The normalized spacial score (nSPS) is 28.1. The van der Waals surface area contributed by atoms with Gasteiger partial charge in [-0.05, 0) is 7.05 Å². The molecule has 5 heteroatoms. The lowest BCUT2D eigenvalue weighted by Gasteiger charge is -2.31. The van der Waals surface area contributed by atoms with Crippen LogP contribution < -0.4 is 0 Å². The van der Waals surface area contributed by atoms with E-state index in [2.05, 4.69) is 4.74 Å². The average molecular weight is 222 g/mol. The molecule has 0 radical (unpaired) electrons. The number of halogens is 1. The summed E-state index contributed by atoms with van der Waals surface area (Å²) in [7, 11) is 3.22. The minimum Gasteiger partial charge on any atom is -0.468 e. The first kappa shape index (κ1) is 13.4. The molecule has 82 valence electrons. The monoisotopic (exact) mass is 221 g/mol. The van der Waals surface area contributed by atoms with Crippen molar-refractivity contribution in [3.8, 4) is 0 Å². The quantitative estimate of drug-likeness (QED) is 0.474. The first-order chi connectivity index (χ1) is 6.06. The first-order valence-corrected chi connectivity index (χ1v) is 4.36. The predicted molar refractivity (Wildman–Crippen MR) is 54.4 cm³/mol. The first-order valence-electron chi connectivity index (χ1n) is 4.36. The molecule has 1 rings (SSSR count). The molecule has 1 aliphatic heterocycles. The van der Waals surface area contributed by atoms with Gasteiger partial charge in [0.2, 0.25) is 0 Å². The zero-order valence-corrected chi connectivity index (χ0v) is 9.47. The fraction of sp³-hybridized carbons (Fsp3) is 0.778. The van der Waals surface area contributed by atoms with E-state index < -0.39 is 11.9 Å². The van der Waals surface area contributed by atoms with Gasteiger partial charge in [0.15, 0.2) is 5.78 Å². The van der Waals surface area contributed by atoms with E-state index in [-0.39, 0.29) is 24.1 Å². The van der Waals surface area contributed by atoms with Crippen LogP contribution in [0, 0.1) is 11.8 Å². The van der Waals surface area contributed by atoms with E-state index in [1.807, 2.05) is 18.9 Å². The van der Waals surface area contributed by atoms with Gasteiger partial charge in [0.25, 0.3) is 0 Å². The molecule has 14 heavy (non-hydrogen) atoms. The van der Waals surface area contributed by atoms with Crippen LogP contribution in [0.15, 0.2) is 0 Å². The maximum atomic E-state index is 11.5. The van der Waals surface area contributed by atoms with Gasteiger partial charge in [0, 0.05) is 19.0 Å². The van der Waals surface area contributed by atoms with Crippen LogP contribution in [0.25, 0.3) is 0 Å². The van der Waals surface area contributed by atoms with Crippen LogP contribution in [-0.2, 0) is 14.3 Å². The maximum absolute atomic E-state index is 11.5. The number of carbonyl (C=O) groups excluding carboxylic acids is 2. The van der Waals surface area contributed by atoms with Gasteiger partial charge < -0.3 is 9.64 Å². The number of carbonyl (C=O) groups is 2. The molecule has 0 aliphatic carbocycles. The van der Waals surface area contributed by atoms with Gasteiger partial charge in [-0.2, -0.15) is 0 Å². The molecular weight excluding hydrogens is 206 g/mol. The lowest BCUT2D eigenvalue weighted by molar-refractivity contribution is -0.153. The smallest absolute Gasteiger partial charge is 0.317 e. The van der Waals surface area contributed by atoms with Crippen molar-refractivity contribution in [2.45, 2.75) is 6.92 Å². The molecule has 2 atom stereocenters.